The third-order valence-corrected chi connectivity index (χ3v) is 4.43. The van der Waals surface area contributed by atoms with Gasteiger partial charge in [-0.05, 0) is 36.8 Å². The van der Waals surface area contributed by atoms with Crippen LogP contribution >= 0.6 is 15.9 Å². The number of urea groups is 1. The van der Waals surface area contributed by atoms with Gasteiger partial charge in [-0.1, -0.05) is 46.3 Å². The van der Waals surface area contributed by atoms with E-state index in [4.69, 9.17) is 9.47 Å². The lowest BCUT2D eigenvalue weighted by atomic mass is 10.0. The molecule has 1 aliphatic heterocycles. The molecular formula is C20H19BrN2O4. The van der Waals surface area contributed by atoms with E-state index in [0.29, 0.717) is 12.4 Å². The fourth-order valence-electron chi connectivity index (χ4n) is 2.64. The molecule has 140 valence electrons. The summed E-state index contributed by atoms with van der Waals surface area (Å²) in [5.41, 5.74) is 1.83. The van der Waals surface area contributed by atoms with E-state index in [-0.39, 0.29) is 6.61 Å². The van der Waals surface area contributed by atoms with Gasteiger partial charge in [-0.15, -0.1) is 0 Å². The van der Waals surface area contributed by atoms with Gasteiger partial charge < -0.3 is 14.8 Å². The van der Waals surface area contributed by atoms with Crippen molar-refractivity contribution in [1.29, 1.82) is 0 Å². The molecule has 3 amide bonds. The summed E-state index contributed by atoms with van der Waals surface area (Å²) in [6.07, 6.45) is 2.43. The van der Waals surface area contributed by atoms with Gasteiger partial charge in [-0.2, -0.15) is 0 Å². The third-order valence-electron chi connectivity index (χ3n) is 3.93. The zero-order valence-corrected chi connectivity index (χ0v) is 16.3. The topological polar surface area (TPSA) is 67.9 Å². The minimum atomic E-state index is -0.709. The Labute approximate surface area is 165 Å². The summed E-state index contributed by atoms with van der Waals surface area (Å²) < 4.78 is 11.7. The van der Waals surface area contributed by atoms with Crippen molar-refractivity contribution in [3.8, 4) is 5.75 Å². The highest BCUT2D eigenvalue weighted by Gasteiger charge is 2.28. The number of hydrogen-bond donors (Lipinski definition) is 1. The van der Waals surface area contributed by atoms with E-state index in [0.717, 1.165) is 20.5 Å². The molecule has 0 saturated heterocycles. The minimum absolute atomic E-state index is 0.197. The highest BCUT2D eigenvalue weighted by Crippen LogP contribution is 2.31. The molecule has 0 fully saturated rings. The van der Waals surface area contributed by atoms with Gasteiger partial charge in [0, 0.05) is 16.2 Å². The molecule has 0 aromatic heterocycles. The maximum absolute atomic E-state index is 12.3. The number of amides is 3. The van der Waals surface area contributed by atoms with Crippen LogP contribution in [0.5, 0.6) is 5.75 Å². The molecule has 0 spiro atoms. The van der Waals surface area contributed by atoms with E-state index in [2.05, 4.69) is 21.2 Å². The van der Waals surface area contributed by atoms with E-state index >= 15 is 0 Å². The van der Waals surface area contributed by atoms with Crippen molar-refractivity contribution in [2.45, 2.75) is 19.6 Å². The first kappa shape index (κ1) is 19.0. The number of carbonyl (C=O) groups is 2. The second-order valence-electron chi connectivity index (χ2n) is 5.79. The molecule has 2 aromatic carbocycles. The summed E-state index contributed by atoms with van der Waals surface area (Å²) >= 11 is 3.45. The Morgan fingerprint density at radius 3 is 2.70 bits per heavy atom. The number of nitrogens with one attached hydrogen (secondary N) is 1. The maximum Gasteiger partial charge on any atom is 0.422 e. The van der Waals surface area contributed by atoms with Crippen molar-refractivity contribution in [1.82, 2.24) is 10.2 Å². The summed E-state index contributed by atoms with van der Waals surface area (Å²) in [6, 6.07) is 14.5. The van der Waals surface area contributed by atoms with Gasteiger partial charge >= 0.3 is 12.1 Å². The standard InChI is InChI=1S/C20H19BrN2O4/c1-2-26-20(25)23-11-10-17(22-19(23)24)16-12-15(21)8-9-18(16)27-13-14-6-4-3-5-7-14/h3-12,17H,2,13H2,1H3,(H,22,24). The summed E-state index contributed by atoms with van der Waals surface area (Å²) in [6.45, 7) is 2.29. The molecule has 3 rings (SSSR count). The van der Waals surface area contributed by atoms with Crippen LogP contribution in [0.4, 0.5) is 9.59 Å². The van der Waals surface area contributed by atoms with E-state index < -0.39 is 18.2 Å². The molecule has 0 radical (unpaired) electrons. The van der Waals surface area contributed by atoms with Gasteiger partial charge in [0.2, 0.25) is 0 Å². The number of ether oxygens (including phenoxy) is 2. The number of benzene rings is 2. The van der Waals surface area contributed by atoms with Crippen molar-refractivity contribution in [2.75, 3.05) is 6.61 Å². The molecule has 7 heteroatoms. The lowest BCUT2D eigenvalue weighted by Crippen LogP contribution is -2.45. The fraction of sp³-hybridized carbons (Fsp3) is 0.200. The number of halogens is 1. The van der Waals surface area contributed by atoms with Crippen LogP contribution in [0.3, 0.4) is 0 Å². The number of imide groups is 1. The molecular weight excluding hydrogens is 412 g/mol. The maximum atomic E-state index is 12.3. The van der Waals surface area contributed by atoms with Crippen LogP contribution in [0.1, 0.15) is 24.1 Å². The number of hydrogen-bond acceptors (Lipinski definition) is 4. The van der Waals surface area contributed by atoms with Crippen molar-refractivity contribution in [3.63, 3.8) is 0 Å². The largest absolute Gasteiger partial charge is 0.489 e. The fourth-order valence-corrected chi connectivity index (χ4v) is 3.02. The van der Waals surface area contributed by atoms with Crippen molar-refractivity contribution < 1.29 is 19.1 Å². The first-order valence-corrected chi connectivity index (χ1v) is 9.28. The molecule has 1 unspecified atom stereocenters. The molecule has 27 heavy (non-hydrogen) atoms. The lowest BCUT2D eigenvalue weighted by Gasteiger charge is -2.27. The quantitative estimate of drug-likeness (QED) is 0.741. The SMILES string of the molecule is CCOC(=O)N1C=CC(c2cc(Br)ccc2OCc2ccccc2)NC1=O. The average Bonchev–Trinajstić information content (AvgIpc) is 2.68. The van der Waals surface area contributed by atoms with E-state index in [1.54, 1.807) is 13.0 Å². The molecule has 0 bridgehead atoms. The zero-order valence-electron chi connectivity index (χ0n) is 14.7. The van der Waals surface area contributed by atoms with Crippen molar-refractivity contribution >= 4 is 28.1 Å². The summed E-state index contributed by atoms with van der Waals surface area (Å²) in [7, 11) is 0. The van der Waals surface area contributed by atoms with E-state index in [1.807, 2.05) is 48.5 Å². The Balaban J connectivity index is 1.80. The molecule has 1 heterocycles. The highest BCUT2D eigenvalue weighted by molar-refractivity contribution is 9.10. The van der Waals surface area contributed by atoms with Crippen LogP contribution in [0, 0.1) is 0 Å². The number of nitrogens with zero attached hydrogens (tertiary/aromatic N) is 1. The monoisotopic (exact) mass is 430 g/mol. The molecule has 0 saturated carbocycles. The van der Waals surface area contributed by atoms with Gasteiger partial charge in [-0.3, -0.25) is 0 Å². The van der Waals surface area contributed by atoms with Gasteiger partial charge in [0.25, 0.3) is 0 Å². The highest BCUT2D eigenvalue weighted by atomic mass is 79.9. The summed E-state index contributed by atoms with van der Waals surface area (Å²) in [5.74, 6) is 0.654. The van der Waals surface area contributed by atoms with Crippen LogP contribution in [0.25, 0.3) is 0 Å². The first-order chi connectivity index (χ1) is 13.1. The molecule has 1 atom stereocenters. The van der Waals surface area contributed by atoms with Crippen LogP contribution < -0.4 is 10.1 Å². The molecule has 1 N–H and O–H groups in total. The molecule has 1 aliphatic rings. The Morgan fingerprint density at radius 1 is 1.22 bits per heavy atom. The summed E-state index contributed by atoms with van der Waals surface area (Å²) in [4.78, 5) is 25.0. The van der Waals surface area contributed by atoms with Gasteiger partial charge in [0.05, 0.1) is 12.6 Å². The van der Waals surface area contributed by atoms with E-state index in [1.165, 1.54) is 6.20 Å². The Bertz CT molecular complexity index is 854. The van der Waals surface area contributed by atoms with Crippen LogP contribution in [-0.2, 0) is 11.3 Å². The van der Waals surface area contributed by atoms with Crippen LogP contribution in [0.15, 0.2) is 65.3 Å². The second-order valence-corrected chi connectivity index (χ2v) is 6.71. The third kappa shape index (κ3) is 4.68. The van der Waals surface area contributed by atoms with Crippen molar-refractivity contribution in [2.24, 2.45) is 0 Å². The smallest absolute Gasteiger partial charge is 0.422 e. The van der Waals surface area contributed by atoms with Crippen molar-refractivity contribution in [3.05, 3.63) is 76.4 Å². The normalized spacial score (nSPS) is 16.0. The van der Waals surface area contributed by atoms with E-state index in [9.17, 15) is 9.59 Å². The summed E-state index contributed by atoms with van der Waals surface area (Å²) in [5, 5.41) is 2.79. The van der Waals surface area contributed by atoms with Gasteiger partial charge in [-0.25, -0.2) is 14.5 Å². The molecule has 6 nitrogen and oxygen atoms in total. The van der Waals surface area contributed by atoms with Crippen LogP contribution in [0.2, 0.25) is 0 Å². The molecule has 2 aromatic rings. The Hall–Kier alpha value is -2.80. The Morgan fingerprint density at radius 2 is 2.00 bits per heavy atom. The molecule has 0 aliphatic carbocycles. The van der Waals surface area contributed by atoms with Crippen LogP contribution in [-0.4, -0.2) is 23.6 Å². The minimum Gasteiger partial charge on any atom is -0.489 e. The van der Waals surface area contributed by atoms with Gasteiger partial charge in [0.15, 0.2) is 0 Å². The lowest BCUT2D eigenvalue weighted by molar-refractivity contribution is 0.124. The Kier molecular flexibility index (Phi) is 6.13. The predicted molar refractivity (Wildman–Crippen MR) is 104 cm³/mol. The number of rotatable bonds is 5. The first-order valence-electron chi connectivity index (χ1n) is 8.49. The second kappa shape index (κ2) is 8.73. The predicted octanol–water partition coefficient (Wildman–Crippen LogP) is 4.76. The van der Waals surface area contributed by atoms with Gasteiger partial charge in [0.1, 0.15) is 12.4 Å². The zero-order chi connectivity index (χ0) is 19.2. The number of carbonyl (C=O) groups excluding carboxylic acids is 2. The average molecular weight is 431 g/mol.